The van der Waals surface area contributed by atoms with Gasteiger partial charge in [-0.1, -0.05) is 215 Å². The van der Waals surface area contributed by atoms with Crippen molar-refractivity contribution >= 4 is 136 Å². The number of benzene rings is 10. The molecule has 644 valence electrons. The topological polar surface area (TPSA) is 92.3 Å². The third-order valence-corrected chi connectivity index (χ3v) is 31.8. The van der Waals surface area contributed by atoms with Crippen LogP contribution in [0.25, 0.3) is 0 Å². The molecular weight excluding hydrogens is 1660 g/mol. The Kier molecular flexibility index (Phi) is 46.4. The predicted octanol–water partition coefficient (Wildman–Crippen LogP) is 22.1. The Bertz CT molecular complexity index is 4710. The Labute approximate surface area is 733 Å². The van der Waals surface area contributed by atoms with Gasteiger partial charge in [0.15, 0.2) is 34.0 Å². The number of aryl methyl sites for hydroxylation is 10. The van der Waals surface area contributed by atoms with Crippen LogP contribution in [0.4, 0.5) is 0 Å². The van der Waals surface area contributed by atoms with Gasteiger partial charge in [-0.2, -0.15) is 0 Å². The van der Waals surface area contributed by atoms with E-state index in [0.29, 0.717) is 42.9 Å². The Balaban J connectivity index is 0.000000231. The van der Waals surface area contributed by atoms with Gasteiger partial charge in [-0.3, -0.25) is 0 Å². The summed E-state index contributed by atoms with van der Waals surface area (Å²) >= 11 is 0. The number of rotatable bonds is 35. The molecule has 10 nitrogen and oxygen atoms in total. The highest BCUT2D eigenvalue weighted by atomic mass is 31.1. The van der Waals surface area contributed by atoms with E-state index in [-0.39, 0.29) is 79.0 Å². The molecule has 0 saturated carbocycles. The maximum absolute atomic E-state index is 6.12. The molecule has 5 unspecified atom stereocenters. The van der Waals surface area contributed by atoms with Crippen molar-refractivity contribution in [3.63, 3.8) is 0 Å². The molecule has 5 atom stereocenters. The molecule has 0 aromatic heterocycles. The molecule has 0 aliphatic carbocycles. The smallest absolute Gasteiger partial charge is 0.188 e. The van der Waals surface area contributed by atoms with Gasteiger partial charge in [-0.25, -0.2) is 0 Å². The van der Waals surface area contributed by atoms with Gasteiger partial charge in [0.2, 0.25) is 0 Å². The highest BCUT2D eigenvalue weighted by molar-refractivity contribution is 7.59. The molecule has 0 spiro atoms. The van der Waals surface area contributed by atoms with Crippen LogP contribution in [-0.2, 0) is 59.9 Å². The third-order valence-electron chi connectivity index (χ3n) is 18.8. The molecule has 20 heteroatoms. The molecule has 0 heterocycles. The predicted molar refractivity (Wildman–Crippen MR) is 543 cm³/mol. The maximum Gasteiger partial charge on any atom is 0.188 e. The van der Waals surface area contributed by atoms with Crippen molar-refractivity contribution in [2.45, 2.75) is 126 Å². The average molecular weight is 1800 g/mol. The van der Waals surface area contributed by atoms with Crippen molar-refractivity contribution in [2.24, 2.45) is 0 Å². The summed E-state index contributed by atoms with van der Waals surface area (Å²) in [5, 5.41) is 13.7. The summed E-state index contributed by atoms with van der Waals surface area (Å²) in [4.78, 5) is 0. The highest BCUT2D eigenvalue weighted by Gasteiger charge is 2.25. The van der Waals surface area contributed by atoms with Gasteiger partial charge >= 0.3 is 0 Å². The second-order valence-corrected chi connectivity index (χ2v) is 51.3. The zero-order chi connectivity index (χ0) is 87.5. The van der Waals surface area contributed by atoms with Crippen molar-refractivity contribution in [2.75, 3.05) is 136 Å². The van der Waals surface area contributed by atoms with E-state index in [1.807, 2.05) is 12.1 Å². The van der Waals surface area contributed by atoms with Crippen molar-refractivity contribution in [1.82, 2.24) is 0 Å². The Morgan fingerprint density at radius 2 is 0.538 bits per heavy atom. The van der Waals surface area contributed by atoms with Crippen LogP contribution in [0, 0.1) is 69.2 Å². The molecule has 10 aromatic rings. The molecule has 0 fully saturated rings. The summed E-state index contributed by atoms with van der Waals surface area (Å²) < 4.78 is 54.9. The van der Waals surface area contributed by atoms with E-state index in [0.717, 1.165) is 34.3 Å². The van der Waals surface area contributed by atoms with Crippen molar-refractivity contribution in [3.05, 3.63) is 265 Å². The van der Waals surface area contributed by atoms with Crippen molar-refractivity contribution in [1.29, 1.82) is 0 Å². The second kappa shape index (κ2) is 53.6. The molecule has 0 aliphatic heterocycles. The van der Waals surface area contributed by atoms with Gasteiger partial charge in [0.1, 0.15) is 28.7 Å². The second-order valence-electron chi connectivity index (χ2n) is 32.5. The SMILES string of the molecule is COCOc1c(C)cc(C)cc1Pc1c(C)cccc1CP(C)C.COCOc1c(C)cccc1Pc1c(C)cccc1CP(C)C.COCOc1c(Pc2c(C)cccc2CP(C)C)cc(C)cc1C(C)(C)C.COCOc1ccc(C)cc1Pc1c(C)cccc1CP(C)C.COCOc1ccccc1Pc1c(C)cccc1CP(C)C. The Morgan fingerprint density at radius 1 is 0.252 bits per heavy atom. The molecule has 119 heavy (non-hydrogen) atoms. The first-order valence-electron chi connectivity index (χ1n) is 40.4. The summed E-state index contributed by atoms with van der Waals surface area (Å²) in [6.07, 6.45) is 5.89. The van der Waals surface area contributed by atoms with Crippen molar-refractivity contribution < 1.29 is 47.4 Å². The minimum atomic E-state index is 0.0179. The minimum absolute atomic E-state index is 0.0179. The summed E-state index contributed by atoms with van der Waals surface area (Å²) in [5.41, 5.74) is 21.7. The van der Waals surface area contributed by atoms with Crippen molar-refractivity contribution in [3.8, 4) is 28.7 Å². The van der Waals surface area contributed by atoms with Crippen LogP contribution in [0.5, 0.6) is 28.7 Å². The number of hydrogen-bond donors (Lipinski definition) is 0. The summed E-state index contributed by atoms with van der Waals surface area (Å²) in [6, 6.07) is 63.4. The van der Waals surface area contributed by atoms with Gasteiger partial charge in [0, 0.05) is 67.6 Å². The van der Waals surface area contributed by atoms with Gasteiger partial charge in [-0.05, 0) is 307 Å². The quantitative estimate of drug-likeness (QED) is 0.0282. The van der Waals surface area contributed by atoms with E-state index in [2.05, 4.69) is 320 Å². The lowest BCUT2D eigenvalue weighted by atomic mass is 9.85. The van der Waals surface area contributed by atoms with E-state index in [4.69, 9.17) is 47.4 Å². The lowest BCUT2D eigenvalue weighted by Gasteiger charge is -2.26. The molecule has 0 saturated heterocycles. The number of hydrogen-bond acceptors (Lipinski definition) is 10. The number of ether oxygens (including phenoxy) is 10. The minimum Gasteiger partial charge on any atom is -0.467 e. The van der Waals surface area contributed by atoms with Crippen LogP contribution in [0.1, 0.15) is 110 Å². The largest absolute Gasteiger partial charge is 0.467 e. The van der Waals surface area contributed by atoms with E-state index in [1.165, 1.54) is 167 Å². The molecule has 0 amide bonds. The normalized spacial score (nSPS) is 11.7. The highest BCUT2D eigenvalue weighted by Crippen LogP contribution is 2.40. The van der Waals surface area contributed by atoms with E-state index < -0.39 is 0 Å². The lowest BCUT2D eigenvalue weighted by Crippen LogP contribution is -2.21. The third kappa shape index (κ3) is 34.6. The maximum atomic E-state index is 6.12. The first kappa shape index (κ1) is 103. The number of methoxy groups -OCH3 is 5. The fourth-order valence-electron chi connectivity index (χ4n) is 13.5. The van der Waals surface area contributed by atoms with E-state index >= 15 is 0 Å². The van der Waals surface area contributed by atoms with Crippen LogP contribution in [0.15, 0.2) is 176 Å². The van der Waals surface area contributed by atoms with E-state index in [9.17, 15) is 0 Å². The molecule has 10 rings (SSSR count). The van der Waals surface area contributed by atoms with Crippen LogP contribution in [0.2, 0.25) is 0 Å². The van der Waals surface area contributed by atoms with Crippen LogP contribution in [-0.4, -0.2) is 136 Å². The molecule has 0 N–H and O–H groups in total. The molecular formula is C99H138O10P10. The Hall–Kier alpha value is -4.70. The van der Waals surface area contributed by atoms with Crippen LogP contribution >= 0.6 is 82.5 Å². The van der Waals surface area contributed by atoms with Gasteiger partial charge in [0.05, 0.1) is 0 Å². The Morgan fingerprint density at radius 3 is 0.916 bits per heavy atom. The first-order valence-corrected chi connectivity index (χ1v) is 57.5. The standard InChI is InChI=1S/C23H34O2P2.C20H28O2P2.2C19H26O2P2.C18H24O2P2/c1-16-12-19(23(3,4)5)21(25-15-24-6)20(13-16)26-22-17(2)10-9-11-18(22)14-27(7)8;1-14-10-16(3)19(22-13-21-4)18(11-14)23-20-15(2)8-7-9-17(20)12-24(5)6;1-14-8-7-11-17(18(14)21-13-20-3)22-19-15(2)9-6-10-16(19)12-23(4)5;1-14-9-10-17(21-13-20-3)18(11-14)22-19-15(2)7-6-8-16(19)12-23(4)5;1-14-8-7-9-15(12-22(3)4)18(14)21-17-11-6-5-10-16(17)20-13-19-2/h9-13,26H,14-15H2,1-8H3;7-11,23H,12-13H2,1-6H3;2*6-11,22H,12-13H2,1-5H3;5-11,21H,12-13H2,1-4H3. The monoisotopic (exact) mass is 1800 g/mol. The summed E-state index contributed by atoms with van der Waals surface area (Å²) in [6.45, 7) is 53.3. The van der Waals surface area contributed by atoms with Gasteiger partial charge in [-0.15, -0.1) is 39.6 Å². The zero-order valence-corrected chi connectivity index (χ0v) is 86.1. The number of para-hydroxylation sites is 2. The van der Waals surface area contributed by atoms with Gasteiger partial charge < -0.3 is 47.4 Å². The summed E-state index contributed by atoms with van der Waals surface area (Å²) in [7, 11) is 11.6. The fraction of sp³-hybridized carbons (Fsp3) is 0.394. The van der Waals surface area contributed by atoms with Gasteiger partial charge in [0.25, 0.3) is 0 Å². The average Bonchev–Trinajstić information content (AvgIpc) is 0.787. The van der Waals surface area contributed by atoms with E-state index in [1.54, 1.807) is 35.5 Å². The van der Waals surface area contributed by atoms with Crippen LogP contribution < -0.4 is 76.7 Å². The zero-order valence-electron chi connectivity index (χ0n) is 76.6. The first-order chi connectivity index (χ1) is 56.7. The molecule has 0 bridgehead atoms. The molecule has 0 radical (unpaired) electrons. The summed E-state index contributed by atoms with van der Waals surface area (Å²) in [5.74, 6) is 4.80. The fourth-order valence-corrected chi connectivity index (χ4v) is 26.3. The molecule has 0 aliphatic rings. The van der Waals surface area contributed by atoms with Crippen LogP contribution in [0.3, 0.4) is 0 Å². The molecule has 10 aromatic carbocycles. The lowest BCUT2D eigenvalue weighted by molar-refractivity contribution is 0.0505.